The van der Waals surface area contributed by atoms with Crippen molar-refractivity contribution in [3.8, 4) is 0 Å². The fourth-order valence-corrected chi connectivity index (χ4v) is 2.19. The van der Waals surface area contributed by atoms with Gasteiger partial charge in [0.1, 0.15) is 0 Å². The monoisotopic (exact) mass is 283 g/mol. The van der Waals surface area contributed by atoms with E-state index in [1.807, 2.05) is 26.2 Å². The topological polar surface area (TPSA) is 70.3 Å². The predicted octanol–water partition coefficient (Wildman–Crippen LogP) is 2.50. The largest absolute Gasteiger partial charge is 0.345 e. The average Bonchev–Trinajstić information content (AvgIpc) is 2.99. The van der Waals surface area contributed by atoms with Gasteiger partial charge < -0.3 is 14.0 Å². The van der Waals surface area contributed by atoms with Crippen molar-refractivity contribution in [1.29, 1.82) is 0 Å². The summed E-state index contributed by atoms with van der Waals surface area (Å²) in [5, 5.41) is 6.95. The minimum absolute atomic E-state index is 0.352. The zero-order chi connectivity index (χ0) is 13.7. The zero-order valence-corrected chi connectivity index (χ0v) is 12.1. The lowest BCUT2D eigenvalue weighted by Gasteiger charge is -2.11. The molecule has 0 bridgehead atoms. The molecule has 0 amide bonds. The highest BCUT2D eigenvalue weighted by Gasteiger charge is 2.19. The molecule has 7 heteroatoms. The van der Waals surface area contributed by atoms with Crippen molar-refractivity contribution < 1.29 is 14.0 Å². The van der Waals surface area contributed by atoms with Crippen LogP contribution in [0.2, 0.25) is 0 Å². The zero-order valence-electron chi connectivity index (χ0n) is 11.3. The second kappa shape index (κ2) is 6.74. The minimum Gasteiger partial charge on any atom is -0.345 e. The lowest BCUT2D eigenvalue weighted by atomic mass is 10.3. The van der Waals surface area contributed by atoms with E-state index >= 15 is 0 Å². The Kier molecular flexibility index (Phi) is 5.00. The Morgan fingerprint density at radius 1 is 1.26 bits per heavy atom. The van der Waals surface area contributed by atoms with E-state index in [-0.39, 0.29) is 0 Å². The highest BCUT2D eigenvalue weighted by molar-refractivity contribution is 7.09. The molecule has 0 N–H and O–H groups in total. The van der Waals surface area contributed by atoms with Gasteiger partial charge in [-0.2, -0.15) is 4.98 Å². The summed E-state index contributed by atoms with van der Waals surface area (Å²) < 4.78 is 16.0. The van der Waals surface area contributed by atoms with Crippen LogP contribution >= 0.6 is 11.3 Å². The molecule has 0 aliphatic carbocycles. The lowest BCUT2D eigenvalue weighted by Crippen LogP contribution is -2.09. The minimum atomic E-state index is -0.589. The average molecular weight is 283 g/mol. The molecule has 6 nitrogen and oxygen atoms in total. The molecular formula is C12H17N3O3S. The molecule has 2 aromatic rings. The van der Waals surface area contributed by atoms with Crippen LogP contribution in [0.25, 0.3) is 0 Å². The molecule has 104 valence electrons. The third-order valence-corrected chi connectivity index (χ3v) is 3.15. The van der Waals surface area contributed by atoms with Crippen LogP contribution in [0, 0.1) is 6.92 Å². The number of rotatable bonds is 7. The third-order valence-electron chi connectivity index (χ3n) is 2.33. The quantitative estimate of drug-likeness (QED) is 0.727. The normalized spacial score (nSPS) is 11.4. The molecule has 0 saturated heterocycles. The van der Waals surface area contributed by atoms with Gasteiger partial charge in [-0.15, -0.1) is 11.3 Å². The molecule has 0 unspecified atom stereocenters. The van der Waals surface area contributed by atoms with Crippen LogP contribution < -0.4 is 0 Å². The number of nitrogens with zero attached hydrogens (tertiary/aromatic N) is 3. The standard InChI is InChI=1S/C12H17N3O3S/c1-4-16-12(17-5-2)11-14-10(15-18-11)6-9-7-19-8(3)13-9/h7,12H,4-6H2,1-3H3. The van der Waals surface area contributed by atoms with E-state index in [4.69, 9.17) is 14.0 Å². The van der Waals surface area contributed by atoms with Crippen LogP contribution in [0.15, 0.2) is 9.90 Å². The molecule has 2 heterocycles. The Bertz CT molecular complexity index is 506. The summed E-state index contributed by atoms with van der Waals surface area (Å²) in [5.41, 5.74) is 0.944. The molecule has 0 atom stereocenters. The Morgan fingerprint density at radius 3 is 2.58 bits per heavy atom. The molecule has 2 aromatic heterocycles. The predicted molar refractivity (Wildman–Crippen MR) is 69.9 cm³/mol. The van der Waals surface area contributed by atoms with E-state index in [9.17, 15) is 0 Å². The summed E-state index contributed by atoms with van der Waals surface area (Å²) in [7, 11) is 0. The van der Waals surface area contributed by atoms with E-state index in [2.05, 4.69) is 15.1 Å². The van der Waals surface area contributed by atoms with Crippen LogP contribution in [-0.4, -0.2) is 28.3 Å². The first-order valence-corrected chi connectivity index (χ1v) is 7.07. The Hall–Kier alpha value is -1.31. The van der Waals surface area contributed by atoms with Crippen LogP contribution in [0.1, 0.15) is 42.6 Å². The molecule has 19 heavy (non-hydrogen) atoms. The second-order valence-electron chi connectivity index (χ2n) is 3.83. The first-order valence-electron chi connectivity index (χ1n) is 6.19. The first-order chi connectivity index (χ1) is 9.22. The van der Waals surface area contributed by atoms with Crippen molar-refractivity contribution in [2.24, 2.45) is 0 Å². The summed E-state index contributed by atoms with van der Waals surface area (Å²) in [5.74, 6) is 0.940. The van der Waals surface area contributed by atoms with E-state index in [1.54, 1.807) is 11.3 Å². The van der Waals surface area contributed by atoms with Gasteiger partial charge in [0.05, 0.1) is 17.1 Å². The van der Waals surface area contributed by atoms with Crippen molar-refractivity contribution in [3.63, 3.8) is 0 Å². The molecule has 0 aromatic carbocycles. The molecule has 0 radical (unpaired) electrons. The number of ether oxygens (including phenoxy) is 2. The second-order valence-corrected chi connectivity index (χ2v) is 4.89. The van der Waals surface area contributed by atoms with Gasteiger partial charge in [-0.05, 0) is 20.8 Å². The van der Waals surface area contributed by atoms with Gasteiger partial charge in [0, 0.05) is 18.6 Å². The van der Waals surface area contributed by atoms with Gasteiger partial charge in [0.25, 0.3) is 5.89 Å². The van der Waals surface area contributed by atoms with E-state index in [0.29, 0.717) is 31.3 Å². The number of hydrogen-bond donors (Lipinski definition) is 0. The van der Waals surface area contributed by atoms with E-state index in [0.717, 1.165) is 10.7 Å². The SMILES string of the molecule is CCOC(OCC)c1nc(Cc2csc(C)n2)no1. The number of aromatic nitrogens is 3. The lowest BCUT2D eigenvalue weighted by molar-refractivity contribution is -0.155. The fraction of sp³-hybridized carbons (Fsp3) is 0.583. The maximum atomic E-state index is 5.40. The molecule has 0 fully saturated rings. The maximum Gasteiger partial charge on any atom is 0.283 e. The summed E-state index contributed by atoms with van der Waals surface area (Å²) in [6, 6.07) is 0. The van der Waals surface area contributed by atoms with Crippen LogP contribution in [0.5, 0.6) is 0 Å². The Morgan fingerprint density at radius 2 is 2.00 bits per heavy atom. The van der Waals surface area contributed by atoms with Gasteiger partial charge in [-0.3, -0.25) is 0 Å². The van der Waals surface area contributed by atoms with Gasteiger partial charge in [0.2, 0.25) is 6.29 Å². The summed E-state index contributed by atoms with van der Waals surface area (Å²) in [6.45, 7) is 6.79. The van der Waals surface area contributed by atoms with Gasteiger partial charge >= 0.3 is 0 Å². The smallest absolute Gasteiger partial charge is 0.283 e. The highest BCUT2D eigenvalue weighted by Crippen LogP contribution is 2.18. The van der Waals surface area contributed by atoms with Crippen molar-refractivity contribution in [3.05, 3.63) is 27.8 Å². The highest BCUT2D eigenvalue weighted by atomic mass is 32.1. The van der Waals surface area contributed by atoms with Crippen molar-refractivity contribution in [1.82, 2.24) is 15.1 Å². The van der Waals surface area contributed by atoms with Crippen LogP contribution in [-0.2, 0) is 15.9 Å². The van der Waals surface area contributed by atoms with Gasteiger partial charge in [0.15, 0.2) is 5.82 Å². The van der Waals surface area contributed by atoms with Crippen LogP contribution in [0.4, 0.5) is 0 Å². The molecular weight excluding hydrogens is 266 g/mol. The molecule has 0 aliphatic rings. The number of thiazole rings is 1. The Balaban J connectivity index is 2.04. The van der Waals surface area contributed by atoms with Gasteiger partial charge in [-0.1, -0.05) is 5.16 Å². The number of hydrogen-bond acceptors (Lipinski definition) is 7. The van der Waals surface area contributed by atoms with Crippen molar-refractivity contribution >= 4 is 11.3 Å². The summed E-state index contributed by atoms with van der Waals surface area (Å²) >= 11 is 1.61. The third kappa shape index (κ3) is 3.82. The summed E-state index contributed by atoms with van der Waals surface area (Å²) in [4.78, 5) is 8.66. The molecule has 2 rings (SSSR count). The van der Waals surface area contributed by atoms with E-state index < -0.39 is 6.29 Å². The fourth-order valence-electron chi connectivity index (χ4n) is 1.58. The molecule has 0 aliphatic heterocycles. The number of aryl methyl sites for hydroxylation is 1. The van der Waals surface area contributed by atoms with Crippen molar-refractivity contribution in [2.75, 3.05) is 13.2 Å². The summed E-state index contributed by atoms with van der Waals surface area (Å²) in [6.07, 6.45) is -0.0351. The maximum absolute atomic E-state index is 5.40. The first kappa shape index (κ1) is 14.1. The van der Waals surface area contributed by atoms with Gasteiger partial charge in [-0.25, -0.2) is 4.98 Å². The van der Waals surface area contributed by atoms with Crippen LogP contribution in [0.3, 0.4) is 0 Å². The molecule has 0 saturated carbocycles. The molecule has 0 spiro atoms. The van der Waals surface area contributed by atoms with Crippen molar-refractivity contribution in [2.45, 2.75) is 33.5 Å². The van der Waals surface area contributed by atoms with E-state index in [1.165, 1.54) is 0 Å². The Labute approximate surface area is 115 Å².